The maximum Gasteiger partial charge on any atom is 0.0720 e. The third kappa shape index (κ3) is 5.65. The van der Waals surface area contributed by atoms with Crippen molar-refractivity contribution >= 4 is 0 Å². The van der Waals surface area contributed by atoms with Crippen LogP contribution in [-0.4, -0.2) is 19.2 Å². The van der Waals surface area contributed by atoms with Gasteiger partial charge in [0.05, 0.1) is 12.7 Å². The SMILES string of the molecule is CCNCCc1ccc(COC(C)C(C)C)cc1. The second kappa shape index (κ2) is 8.28. The van der Waals surface area contributed by atoms with Crippen LogP contribution in [0, 0.1) is 5.92 Å². The molecular weight excluding hydrogens is 222 g/mol. The van der Waals surface area contributed by atoms with Crippen LogP contribution in [0.4, 0.5) is 0 Å². The minimum atomic E-state index is 0.318. The first-order valence-corrected chi connectivity index (χ1v) is 7.03. The minimum Gasteiger partial charge on any atom is -0.374 e. The van der Waals surface area contributed by atoms with Crippen LogP contribution in [0.5, 0.6) is 0 Å². The molecule has 0 amide bonds. The fourth-order valence-electron chi connectivity index (χ4n) is 1.63. The summed E-state index contributed by atoms with van der Waals surface area (Å²) in [5.41, 5.74) is 2.64. The molecule has 0 bridgehead atoms. The number of nitrogens with one attached hydrogen (secondary N) is 1. The third-order valence-corrected chi connectivity index (χ3v) is 3.32. The highest BCUT2D eigenvalue weighted by Crippen LogP contribution is 2.11. The maximum absolute atomic E-state index is 5.82. The standard InChI is InChI=1S/C16H27NO/c1-5-17-11-10-15-6-8-16(9-7-15)12-18-14(4)13(2)3/h6-9,13-14,17H,5,10-12H2,1-4H3. The molecule has 0 spiro atoms. The Labute approximate surface area is 112 Å². The lowest BCUT2D eigenvalue weighted by molar-refractivity contribution is 0.0235. The van der Waals surface area contributed by atoms with Crippen LogP contribution >= 0.6 is 0 Å². The highest BCUT2D eigenvalue weighted by molar-refractivity contribution is 5.22. The summed E-state index contributed by atoms with van der Waals surface area (Å²) in [5.74, 6) is 0.574. The molecule has 1 unspecified atom stereocenters. The normalized spacial score (nSPS) is 12.9. The average molecular weight is 249 g/mol. The monoisotopic (exact) mass is 249 g/mol. The van der Waals surface area contributed by atoms with E-state index in [1.165, 1.54) is 11.1 Å². The Morgan fingerprint density at radius 2 is 1.67 bits per heavy atom. The second-order valence-electron chi connectivity index (χ2n) is 5.18. The Kier molecular flexibility index (Phi) is 6.99. The number of likely N-dealkylation sites (N-methyl/N-ethyl adjacent to an activating group) is 1. The molecule has 0 saturated heterocycles. The molecule has 0 aromatic heterocycles. The molecule has 0 saturated carbocycles. The molecule has 1 aromatic carbocycles. The summed E-state index contributed by atoms with van der Waals surface area (Å²) in [6, 6.07) is 8.76. The van der Waals surface area contributed by atoms with Crippen molar-refractivity contribution < 1.29 is 4.74 Å². The Bertz CT molecular complexity index is 318. The number of ether oxygens (including phenoxy) is 1. The van der Waals surface area contributed by atoms with E-state index < -0.39 is 0 Å². The first kappa shape index (κ1) is 15.2. The molecule has 1 N–H and O–H groups in total. The number of hydrogen-bond acceptors (Lipinski definition) is 2. The molecular formula is C16H27NO. The lowest BCUT2D eigenvalue weighted by Gasteiger charge is -2.16. The maximum atomic E-state index is 5.82. The lowest BCUT2D eigenvalue weighted by atomic mass is 10.1. The largest absolute Gasteiger partial charge is 0.374 e. The van der Waals surface area contributed by atoms with Crippen LogP contribution in [0.1, 0.15) is 38.8 Å². The second-order valence-corrected chi connectivity index (χ2v) is 5.18. The fourth-order valence-corrected chi connectivity index (χ4v) is 1.63. The summed E-state index contributed by atoms with van der Waals surface area (Å²) in [4.78, 5) is 0. The van der Waals surface area contributed by atoms with E-state index in [1.807, 2.05) is 0 Å². The van der Waals surface area contributed by atoms with Crippen LogP contribution in [-0.2, 0) is 17.8 Å². The molecule has 1 atom stereocenters. The summed E-state index contributed by atoms with van der Waals surface area (Å²) in [6.45, 7) is 11.5. The highest BCUT2D eigenvalue weighted by Gasteiger charge is 2.06. The zero-order valence-electron chi connectivity index (χ0n) is 12.2. The molecule has 1 rings (SSSR count). The Balaban J connectivity index is 2.35. The first-order valence-electron chi connectivity index (χ1n) is 7.03. The van der Waals surface area contributed by atoms with E-state index in [2.05, 4.69) is 57.3 Å². The molecule has 0 aliphatic rings. The van der Waals surface area contributed by atoms with E-state index in [0.29, 0.717) is 18.6 Å². The van der Waals surface area contributed by atoms with Gasteiger partial charge >= 0.3 is 0 Å². The Morgan fingerprint density at radius 1 is 1.06 bits per heavy atom. The van der Waals surface area contributed by atoms with Gasteiger partial charge in [0.25, 0.3) is 0 Å². The van der Waals surface area contributed by atoms with Gasteiger partial charge in [-0.25, -0.2) is 0 Å². The van der Waals surface area contributed by atoms with Crippen molar-refractivity contribution in [1.82, 2.24) is 5.32 Å². The Morgan fingerprint density at radius 3 is 2.22 bits per heavy atom. The van der Waals surface area contributed by atoms with Crippen molar-refractivity contribution in [3.8, 4) is 0 Å². The van der Waals surface area contributed by atoms with Crippen LogP contribution in [0.15, 0.2) is 24.3 Å². The van der Waals surface area contributed by atoms with Crippen molar-refractivity contribution in [2.24, 2.45) is 5.92 Å². The van der Waals surface area contributed by atoms with Gasteiger partial charge in [0.15, 0.2) is 0 Å². The quantitative estimate of drug-likeness (QED) is 0.713. The molecule has 1 aromatic rings. The van der Waals surface area contributed by atoms with E-state index in [1.54, 1.807) is 0 Å². The van der Waals surface area contributed by atoms with Gasteiger partial charge in [-0.15, -0.1) is 0 Å². The topological polar surface area (TPSA) is 21.3 Å². The van der Waals surface area contributed by atoms with E-state index in [0.717, 1.165) is 19.5 Å². The summed E-state index contributed by atoms with van der Waals surface area (Å²) < 4.78 is 5.82. The molecule has 0 heterocycles. The van der Waals surface area contributed by atoms with Crippen LogP contribution in [0.25, 0.3) is 0 Å². The van der Waals surface area contributed by atoms with E-state index in [4.69, 9.17) is 4.74 Å². The molecule has 0 aliphatic carbocycles. The zero-order chi connectivity index (χ0) is 13.4. The van der Waals surface area contributed by atoms with E-state index in [-0.39, 0.29) is 0 Å². The first-order chi connectivity index (χ1) is 8.63. The smallest absolute Gasteiger partial charge is 0.0720 e. The van der Waals surface area contributed by atoms with Crippen LogP contribution < -0.4 is 5.32 Å². The predicted molar refractivity (Wildman–Crippen MR) is 77.8 cm³/mol. The molecule has 0 fully saturated rings. The van der Waals surface area contributed by atoms with Crippen LogP contribution in [0.2, 0.25) is 0 Å². The lowest BCUT2D eigenvalue weighted by Crippen LogP contribution is -2.16. The van der Waals surface area contributed by atoms with Gasteiger partial charge in [-0.3, -0.25) is 0 Å². The number of hydrogen-bond donors (Lipinski definition) is 1. The minimum absolute atomic E-state index is 0.318. The van der Waals surface area contributed by atoms with Crippen molar-refractivity contribution in [2.75, 3.05) is 13.1 Å². The summed E-state index contributed by atoms with van der Waals surface area (Å²) in [6.07, 6.45) is 1.41. The van der Waals surface area contributed by atoms with Crippen molar-refractivity contribution in [2.45, 2.75) is 46.8 Å². The molecule has 0 aliphatic heterocycles. The average Bonchev–Trinajstić information content (AvgIpc) is 2.37. The van der Waals surface area contributed by atoms with Crippen LogP contribution in [0.3, 0.4) is 0 Å². The number of benzene rings is 1. The van der Waals surface area contributed by atoms with Gasteiger partial charge in [-0.05, 0) is 43.5 Å². The highest BCUT2D eigenvalue weighted by atomic mass is 16.5. The van der Waals surface area contributed by atoms with Gasteiger partial charge in [-0.2, -0.15) is 0 Å². The number of rotatable bonds is 8. The van der Waals surface area contributed by atoms with Crippen molar-refractivity contribution in [3.05, 3.63) is 35.4 Å². The van der Waals surface area contributed by atoms with E-state index >= 15 is 0 Å². The predicted octanol–water partition coefficient (Wildman–Crippen LogP) is 3.40. The molecule has 2 heteroatoms. The molecule has 18 heavy (non-hydrogen) atoms. The molecule has 0 radical (unpaired) electrons. The van der Waals surface area contributed by atoms with Crippen molar-refractivity contribution in [1.29, 1.82) is 0 Å². The Hall–Kier alpha value is -0.860. The van der Waals surface area contributed by atoms with Gasteiger partial charge in [0.1, 0.15) is 0 Å². The summed E-state index contributed by atoms with van der Waals surface area (Å²) in [7, 11) is 0. The van der Waals surface area contributed by atoms with Gasteiger partial charge in [0.2, 0.25) is 0 Å². The summed E-state index contributed by atoms with van der Waals surface area (Å²) >= 11 is 0. The van der Waals surface area contributed by atoms with Gasteiger partial charge in [0, 0.05) is 0 Å². The van der Waals surface area contributed by atoms with Gasteiger partial charge in [-0.1, -0.05) is 45.0 Å². The van der Waals surface area contributed by atoms with Crippen molar-refractivity contribution in [3.63, 3.8) is 0 Å². The molecule has 102 valence electrons. The zero-order valence-corrected chi connectivity index (χ0v) is 12.2. The summed E-state index contributed by atoms with van der Waals surface area (Å²) in [5, 5.41) is 3.34. The fraction of sp³-hybridized carbons (Fsp3) is 0.625. The third-order valence-electron chi connectivity index (χ3n) is 3.32. The van der Waals surface area contributed by atoms with Gasteiger partial charge < -0.3 is 10.1 Å². The van der Waals surface area contributed by atoms with E-state index in [9.17, 15) is 0 Å². The molecule has 2 nitrogen and oxygen atoms in total.